The van der Waals surface area contributed by atoms with E-state index < -0.39 is 0 Å². The second kappa shape index (κ2) is 11.5. The van der Waals surface area contributed by atoms with Crippen LogP contribution in [0.3, 0.4) is 0 Å². The van der Waals surface area contributed by atoms with Crippen molar-refractivity contribution < 1.29 is 8.83 Å². The molecule has 52 heavy (non-hydrogen) atoms. The Morgan fingerprint density at radius 1 is 0.346 bits per heavy atom. The molecule has 0 aliphatic heterocycles. The maximum atomic E-state index is 6.35. The van der Waals surface area contributed by atoms with Crippen LogP contribution in [0.15, 0.2) is 185 Å². The van der Waals surface area contributed by atoms with E-state index in [1.165, 1.54) is 31.3 Å². The molecule has 3 aromatic heterocycles. The van der Waals surface area contributed by atoms with Gasteiger partial charge in [0.15, 0.2) is 0 Å². The fraction of sp³-hybridized carbons (Fsp3) is 0. The van der Waals surface area contributed by atoms with Gasteiger partial charge in [-0.05, 0) is 95.1 Å². The summed E-state index contributed by atoms with van der Waals surface area (Å²) in [6.45, 7) is 0. The first-order valence-corrected chi connectivity index (χ1v) is 18.3. The molecule has 0 saturated heterocycles. The van der Waals surface area contributed by atoms with Crippen LogP contribution in [-0.2, 0) is 0 Å². The fourth-order valence-corrected chi connectivity index (χ4v) is 8.93. The lowest BCUT2D eigenvalue weighted by Crippen LogP contribution is -2.10. The number of benzene rings is 8. The predicted molar refractivity (Wildman–Crippen MR) is 219 cm³/mol. The molecule has 11 rings (SSSR count). The van der Waals surface area contributed by atoms with Crippen molar-refractivity contribution in [1.29, 1.82) is 0 Å². The summed E-state index contributed by atoms with van der Waals surface area (Å²) in [5, 5.41) is 7.10. The third kappa shape index (κ3) is 4.58. The van der Waals surface area contributed by atoms with E-state index in [1.807, 2.05) is 35.6 Å². The van der Waals surface area contributed by atoms with Crippen molar-refractivity contribution in [3.05, 3.63) is 176 Å². The van der Waals surface area contributed by atoms with Crippen LogP contribution in [0.25, 0.3) is 86.3 Å². The maximum Gasteiger partial charge on any atom is 0.137 e. The van der Waals surface area contributed by atoms with Gasteiger partial charge in [0.1, 0.15) is 22.3 Å². The lowest BCUT2D eigenvalue weighted by molar-refractivity contribution is 0.668. The number of anilines is 3. The van der Waals surface area contributed by atoms with Crippen LogP contribution in [-0.4, -0.2) is 0 Å². The molecule has 0 N–H and O–H groups in total. The Morgan fingerprint density at radius 2 is 0.865 bits per heavy atom. The Bertz CT molecular complexity index is 2970. The van der Waals surface area contributed by atoms with Crippen LogP contribution in [0.2, 0.25) is 0 Å². The number of furan rings is 2. The van der Waals surface area contributed by atoms with Gasteiger partial charge in [-0.1, -0.05) is 103 Å². The zero-order valence-electron chi connectivity index (χ0n) is 27.9. The zero-order valence-corrected chi connectivity index (χ0v) is 28.7. The van der Waals surface area contributed by atoms with Crippen molar-refractivity contribution in [3.63, 3.8) is 0 Å². The standard InChI is InChI=1S/C48H29NO2S/c1-4-12-42-36(8-1)37-26-20-32(28-45(37)51-42)30-16-22-34(23-17-30)49(41-11-7-14-44-48(41)40-10-2-5-13-43(40)50-44)35-24-18-31(19-25-35)33-21-27-39-38-9-3-6-15-46(38)52-47(39)29-33/h1-29H. The lowest BCUT2D eigenvalue weighted by Gasteiger charge is -2.26. The van der Waals surface area contributed by atoms with E-state index in [0.717, 1.165) is 72.1 Å². The van der Waals surface area contributed by atoms with E-state index in [9.17, 15) is 0 Å². The van der Waals surface area contributed by atoms with E-state index in [-0.39, 0.29) is 0 Å². The predicted octanol–water partition coefficient (Wildman–Crippen LogP) is 14.7. The van der Waals surface area contributed by atoms with Crippen molar-refractivity contribution >= 4 is 92.4 Å². The van der Waals surface area contributed by atoms with E-state index in [0.29, 0.717) is 0 Å². The average molecular weight is 684 g/mol. The van der Waals surface area contributed by atoms with Gasteiger partial charge in [0.25, 0.3) is 0 Å². The smallest absolute Gasteiger partial charge is 0.137 e. The molecule has 0 amide bonds. The van der Waals surface area contributed by atoms with Crippen LogP contribution >= 0.6 is 11.3 Å². The molecule has 11 aromatic rings. The molecule has 8 aromatic carbocycles. The zero-order chi connectivity index (χ0) is 34.2. The second-order valence-electron chi connectivity index (χ2n) is 13.3. The van der Waals surface area contributed by atoms with Crippen LogP contribution in [0.4, 0.5) is 17.1 Å². The van der Waals surface area contributed by atoms with Gasteiger partial charge in [-0.3, -0.25) is 0 Å². The summed E-state index contributed by atoms with van der Waals surface area (Å²) < 4.78 is 15.2. The molecule has 3 heterocycles. The number of fused-ring (bicyclic) bond motifs is 9. The molecule has 244 valence electrons. The Balaban J connectivity index is 1.02. The normalized spacial score (nSPS) is 11.8. The Labute approximate surface area is 303 Å². The highest BCUT2D eigenvalue weighted by molar-refractivity contribution is 7.25. The van der Waals surface area contributed by atoms with Gasteiger partial charge in [-0.25, -0.2) is 0 Å². The largest absolute Gasteiger partial charge is 0.456 e. The molecule has 0 unspecified atom stereocenters. The van der Waals surface area contributed by atoms with Gasteiger partial charge in [0.2, 0.25) is 0 Å². The van der Waals surface area contributed by atoms with Gasteiger partial charge in [-0.15, -0.1) is 11.3 Å². The Kier molecular flexibility index (Phi) is 6.42. The number of rotatable bonds is 5. The summed E-state index contributed by atoms with van der Waals surface area (Å²) in [6.07, 6.45) is 0. The number of nitrogens with zero attached hydrogens (tertiary/aromatic N) is 1. The number of thiophene rings is 1. The highest BCUT2D eigenvalue weighted by atomic mass is 32.1. The maximum absolute atomic E-state index is 6.35. The lowest BCUT2D eigenvalue weighted by atomic mass is 10.0. The Morgan fingerprint density at radius 3 is 1.62 bits per heavy atom. The van der Waals surface area contributed by atoms with E-state index in [2.05, 4.69) is 157 Å². The van der Waals surface area contributed by atoms with E-state index >= 15 is 0 Å². The van der Waals surface area contributed by atoms with Crippen molar-refractivity contribution in [1.82, 2.24) is 0 Å². The molecule has 0 radical (unpaired) electrons. The topological polar surface area (TPSA) is 29.5 Å². The van der Waals surface area contributed by atoms with Gasteiger partial charge in [0.05, 0.1) is 11.1 Å². The minimum Gasteiger partial charge on any atom is -0.456 e. The third-order valence-electron chi connectivity index (χ3n) is 10.3. The summed E-state index contributed by atoms with van der Waals surface area (Å²) in [4.78, 5) is 2.34. The molecule has 0 spiro atoms. The van der Waals surface area contributed by atoms with Gasteiger partial charge in [-0.2, -0.15) is 0 Å². The van der Waals surface area contributed by atoms with Crippen molar-refractivity contribution in [2.75, 3.05) is 4.90 Å². The van der Waals surface area contributed by atoms with Crippen LogP contribution in [0.1, 0.15) is 0 Å². The molecular weight excluding hydrogens is 655 g/mol. The summed E-state index contributed by atoms with van der Waals surface area (Å²) >= 11 is 1.85. The van der Waals surface area contributed by atoms with Crippen LogP contribution in [0.5, 0.6) is 0 Å². The molecule has 0 aliphatic rings. The van der Waals surface area contributed by atoms with Crippen LogP contribution in [0, 0.1) is 0 Å². The SMILES string of the molecule is c1ccc2c(c1)oc1cc(-c3ccc(N(c4ccc(-c5ccc6c(c5)sc5ccccc56)cc4)c4cccc5oc6ccccc6c45)cc3)ccc12. The first-order valence-electron chi connectivity index (χ1n) is 17.5. The summed E-state index contributed by atoms with van der Waals surface area (Å²) in [5.74, 6) is 0. The highest BCUT2D eigenvalue weighted by Crippen LogP contribution is 2.44. The van der Waals surface area contributed by atoms with Crippen molar-refractivity contribution in [2.24, 2.45) is 0 Å². The Hall–Kier alpha value is -6.62. The summed E-state index contributed by atoms with van der Waals surface area (Å²) in [7, 11) is 0. The first kappa shape index (κ1) is 29.1. The van der Waals surface area contributed by atoms with E-state index in [4.69, 9.17) is 8.83 Å². The van der Waals surface area contributed by atoms with Crippen LogP contribution < -0.4 is 4.90 Å². The monoisotopic (exact) mass is 683 g/mol. The highest BCUT2D eigenvalue weighted by Gasteiger charge is 2.20. The number of hydrogen-bond acceptors (Lipinski definition) is 4. The first-order chi connectivity index (χ1) is 25.7. The van der Waals surface area contributed by atoms with Crippen molar-refractivity contribution in [3.8, 4) is 22.3 Å². The van der Waals surface area contributed by atoms with Gasteiger partial charge in [0, 0.05) is 47.7 Å². The van der Waals surface area contributed by atoms with Gasteiger partial charge < -0.3 is 13.7 Å². The summed E-state index contributed by atoms with van der Waals surface area (Å²) in [6, 6.07) is 62.6. The quantitative estimate of drug-likeness (QED) is 0.181. The molecular formula is C48H29NO2S. The number of para-hydroxylation sites is 2. The average Bonchev–Trinajstić information content (AvgIpc) is 3.89. The third-order valence-corrected chi connectivity index (χ3v) is 11.4. The van der Waals surface area contributed by atoms with E-state index in [1.54, 1.807) is 0 Å². The minimum absolute atomic E-state index is 0.868. The molecule has 0 saturated carbocycles. The summed E-state index contributed by atoms with van der Waals surface area (Å²) in [5.41, 5.74) is 11.4. The molecule has 3 nitrogen and oxygen atoms in total. The molecule has 0 aliphatic carbocycles. The molecule has 4 heteroatoms. The van der Waals surface area contributed by atoms with Crippen molar-refractivity contribution in [2.45, 2.75) is 0 Å². The fourth-order valence-electron chi connectivity index (χ4n) is 7.79. The molecule has 0 fully saturated rings. The molecule has 0 atom stereocenters. The second-order valence-corrected chi connectivity index (χ2v) is 14.4. The number of hydrogen-bond donors (Lipinski definition) is 0. The minimum atomic E-state index is 0.868. The molecule has 0 bridgehead atoms. The van der Waals surface area contributed by atoms with Gasteiger partial charge >= 0.3 is 0 Å².